The number of ether oxygens (including phenoxy) is 2. The van der Waals surface area contributed by atoms with Crippen molar-refractivity contribution in [1.82, 2.24) is 20.1 Å². The summed E-state index contributed by atoms with van der Waals surface area (Å²) in [4.78, 5) is 8.69. The third kappa shape index (κ3) is 4.33. The summed E-state index contributed by atoms with van der Waals surface area (Å²) in [7, 11) is 1.64. The Bertz CT molecular complexity index is 877. The summed E-state index contributed by atoms with van der Waals surface area (Å²) in [5, 5.41) is 9.23. The minimum Gasteiger partial charge on any atom is -0.497 e. The van der Waals surface area contributed by atoms with Crippen molar-refractivity contribution in [3.8, 4) is 17.0 Å². The lowest BCUT2D eigenvalue weighted by Gasteiger charge is -2.26. The van der Waals surface area contributed by atoms with E-state index in [-0.39, 0.29) is 0 Å². The highest BCUT2D eigenvalue weighted by Crippen LogP contribution is 2.25. The van der Waals surface area contributed by atoms with E-state index in [1.54, 1.807) is 19.4 Å². The standard InChI is InChI=1S/C18H20N6O3/c1-25-14-4-2-13(3-5-14)15-12-17(27-23-15)20-16-6-7-19-18(21-16)22-24-8-10-26-11-9-24/h2-7,12H,8-11H2,1H3,(H2,19,20,21,22). The zero-order valence-electron chi connectivity index (χ0n) is 14.9. The minimum absolute atomic E-state index is 0.497. The first-order valence-corrected chi connectivity index (χ1v) is 8.61. The minimum atomic E-state index is 0.497. The van der Waals surface area contributed by atoms with E-state index in [1.807, 2.05) is 35.3 Å². The maximum atomic E-state index is 5.37. The summed E-state index contributed by atoms with van der Waals surface area (Å²) in [5.41, 5.74) is 4.84. The van der Waals surface area contributed by atoms with E-state index in [2.05, 4.69) is 25.9 Å². The summed E-state index contributed by atoms with van der Waals surface area (Å²) in [6.45, 7) is 2.96. The van der Waals surface area contributed by atoms with Gasteiger partial charge in [-0.25, -0.2) is 9.99 Å². The van der Waals surface area contributed by atoms with Gasteiger partial charge in [0, 0.05) is 30.9 Å². The van der Waals surface area contributed by atoms with E-state index in [9.17, 15) is 0 Å². The SMILES string of the molecule is COc1ccc(-c2cc(Nc3ccnc(NN4CCOCC4)n3)on2)cc1. The summed E-state index contributed by atoms with van der Waals surface area (Å²) in [6, 6.07) is 11.2. The van der Waals surface area contributed by atoms with Crippen molar-refractivity contribution in [3.05, 3.63) is 42.6 Å². The molecule has 0 spiro atoms. The van der Waals surface area contributed by atoms with Crippen LogP contribution in [0.25, 0.3) is 11.3 Å². The largest absolute Gasteiger partial charge is 0.497 e. The molecule has 4 rings (SSSR count). The number of hydrogen-bond donors (Lipinski definition) is 2. The second kappa shape index (κ2) is 8.02. The average Bonchev–Trinajstić information content (AvgIpc) is 3.17. The van der Waals surface area contributed by atoms with Crippen LogP contribution in [0.4, 0.5) is 17.7 Å². The monoisotopic (exact) mass is 368 g/mol. The lowest BCUT2D eigenvalue weighted by molar-refractivity contribution is 0.0492. The fourth-order valence-electron chi connectivity index (χ4n) is 2.66. The molecule has 0 amide bonds. The fraction of sp³-hybridized carbons (Fsp3) is 0.278. The second-order valence-electron chi connectivity index (χ2n) is 5.91. The van der Waals surface area contributed by atoms with Crippen LogP contribution < -0.4 is 15.5 Å². The van der Waals surface area contributed by atoms with Crippen molar-refractivity contribution < 1.29 is 14.0 Å². The Labute approximate surface area is 156 Å². The molecule has 1 saturated heterocycles. The van der Waals surface area contributed by atoms with Gasteiger partial charge in [0.25, 0.3) is 0 Å². The highest BCUT2D eigenvalue weighted by Gasteiger charge is 2.12. The van der Waals surface area contributed by atoms with Gasteiger partial charge in [-0.2, -0.15) is 4.98 Å². The molecule has 9 heteroatoms. The molecule has 0 bridgehead atoms. The maximum absolute atomic E-state index is 5.37. The molecule has 1 aliphatic heterocycles. The molecule has 2 N–H and O–H groups in total. The summed E-state index contributed by atoms with van der Waals surface area (Å²) < 4.78 is 15.9. The van der Waals surface area contributed by atoms with Crippen molar-refractivity contribution in [2.45, 2.75) is 0 Å². The maximum Gasteiger partial charge on any atom is 0.239 e. The Kier molecular flexibility index (Phi) is 5.13. The van der Waals surface area contributed by atoms with Gasteiger partial charge in [0.15, 0.2) is 0 Å². The molecule has 0 aliphatic carbocycles. The van der Waals surface area contributed by atoms with Gasteiger partial charge in [0.1, 0.15) is 17.3 Å². The highest BCUT2D eigenvalue weighted by atomic mass is 16.5. The lowest BCUT2D eigenvalue weighted by Crippen LogP contribution is -2.40. The molecular weight excluding hydrogens is 348 g/mol. The molecule has 27 heavy (non-hydrogen) atoms. The molecule has 0 saturated carbocycles. The zero-order valence-corrected chi connectivity index (χ0v) is 14.9. The van der Waals surface area contributed by atoms with Crippen LogP contribution in [-0.2, 0) is 4.74 Å². The van der Waals surface area contributed by atoms with Gasteiger partial charge < -0.3 is 19.3 Å². The number of hydrazine groups is 1. The van der Waals surface area contributed by atoms with Crippen molar-refractivity contribution in [3.63, 3.8) is 0 Å². The van der Waals surface area contributed by atoms with E-state index >= 15 is 0 Å². The van der Waals surface area contributed by atoms with E-state index < -0.39 is 0 Å². The molecule has 1 fully saturated rings. The number of morpholine rings is 1. The van der Waals surface area contributed by atoms with E-state index in [0.29, 0.717) is 30.9 Å². The Hall–Kier alpha value is -3.17. The molecule has 1 aromatic carbocycles. The van der Waals surface area contributed by atoms with Gasteiger partial charge in [-0.15, -0.1) is 0 Å². The van der Waals surface area contributed by atoms with Gasteiger partial charge in [0.05, 0.1) is 20.3 Å². The molecule has 3 heterocycles. The quantitative estimate of drug-likeness (QED) is 0.680. The van der Waals surface area contributed by atoms with Crippen LogP contribution in [0.2, 0.25) is 0 Å². The predicted molar refractivity (Wildman–Crippen MR) is 99.8 cm³/mol. The molecule has 0 radical (unpaired) electrons. The molecule has 0 atom stereocenters. The first-order chi connectivity index (χ1) is 13.3. The first-order valence-electron chi connectivity index (χ1n) is 8.61. The van der Waals surface area contributed by atoms with E-state index in [4.69, 9.17) is 14.0 Å². The Balaban J connectivity index is 1.43. The topological polar surface area (TPSA) is 97.6 Å². The fourth-order valence-corrected chi connectivity index (χ4v) is 2.66. The number of hydrogen-bond acceptors (Lipinski definition) is 9. The molecule has 1 aliphatic rings. The molecule has 140 valence electrons. The number of nitrogens with one attached hydrogen (secondary N) is 2. The lowest BCUT2D eigenvalue weighted by atomic mass is 10.1. The third-order valence-electron chi connectivity index (χ3n) is 4.07. The summed E-state index contributed by atoms with van der Waals surface area (Å²) in [6.07, 6.45) is 1.68. The van der Waals surface area contributed by atoms with E-state index in [0.717, 1.165) is 30.1 Å². The number of aromatic nitrogens is 3. The van der Waals surface area contributed by atoms with E-state index in [1.165, 1.54) is 0 Å². The highest BCUT2D eigenvalue weighted by molar-refractivity contribution is 5.64. The Morgan fingerprint density at radius 2 is 1.93 bits per heavy atom. The predicted octanol–water partition coefficient (Wildman–Crippen LogP) is 2.54. The summed E-state index contributed by atoms with van der Waals surface area (Å²) >= 11 is 0. The van der Waals surface area contributed by atoms with Gasteiger partial charge >= 0.3 is 0 Å². The van der Waals surface area contributed by atoms with Crippen molar-refractivity contribution in [2.24, 2.45) is 0 Å². The second-order valence-corrected chi connectivity index (χ2v) is 5.91. The molecule has 9 nitrogen and oxygen atoms in total. The number of anilines is 3. The first kappa shape index (κ1) is 17.3. The number of methoxy groups -OCH3 is 1. The van der Waals surface area contributed by atoms with Crippen molar-refractivity contribution >= 4 is 17.7 Å². The van der Waals surface area contributed by atoms with Crippen molar-refractivity contribution in [1.29, 1.82) is 0 Å². The van der Waals surface area contributed by atoms with Gasteiger partial charge in [-0.1, -0.05) is 5.16 Å². The zero-order chi connectivity index (χ0) is 18.5. The van der Waals surface area contributed by atoms with Gasteiger partial charge in [-0.3, -0.25) is 5.43 Å². The molecule has 0 unspecified atom stereocenters. The van der Waals surface area contributed by atoms with Crippen LogP contribution in [0.5, 0.6) is 5.75 Å². The van der Waals surface area contributed by atoms with Crippen LogP contribution in [0.15, 0.2) is 47.1 Å². The third-order valence-corrected chi connectivity index (χ3v) is 4.07. The molecule has 2 aromatic heterocycles. The normalized spacial score (nSPS) is 14.7. The van der Waals surface area contributed by atoms with Gasteiger partial charge in [0.2, 0.25) is 11.8 Å². The van der Waals surface area contributed by atoms with Crippen LogP contribution in [0.1, 0.15) is 0 Å². The number of benzene rings is 1. The van der Waals surface area contributed by atoms with Crippen LogP contribution >= 0.6 is 0 Å². The number of rotatable bonds is 6. The van der Waals surface area contributed by atoms with Crippen molar-refractivity contribution in [2.75, 3.05) is 44.2 Å². The molecular formula is C18H20N6O3. The van der Waals surface area contributed by atoms with Crippen LogP contribution in [-0.4, -0.2) is 53.5 Å². The average molecular weight is 368 g/mol. The molecule has 3 aromatic rings. The summed E-state index contributed by atoms with van der Waals surface area (Å²) in [5.74, 6) is 2.41. The van der Waals surface area contributed by atoms with Gasteiger partial charge in [-0.05, 0) is 30.3 Å². The number of nitrogens with zero attached hydrogens (tertiary/aromatic N) is 4. The van der Waals surface area contributed by atoms with Crippen LogP contribution in [0.3, 0.4) is 0 Å². The smallest absolute Gasteiger partial charge is 0.239 e. The Morgan fingerprint density at radius 1 is 1.11 bits per heavy atom. The van der Waals surface area contributed by atoms with Crippen LogP contribution in [0, 0.1) is 0 Å². The Morgan fingerprint density at radius 3 is 2.70 bits per heavy atom.